The molecule has 3 aromatic rings. The summed E-state index contributed by atoms with van der Waals surface area (Å²) in [6, 6.07) is 0.832. The molecule has 8 N–H and O–H groups in total. The summed E-state index contributed by atoms with van der Waals surface area (Å²) in [7, 11) is 0. The number of ether oxygens (including phenoxy) is 1. The number of aromatic nitrogens is 4. The van der Waals surface area contributed by atoms with Crippen LogP contribution in [0.3, 0.4) is 0 Å². The number of phenols is 3. The molecule has 4 rings (SSSR count). The summed E-state index contributed by atoms with van der Waals surface area (Å²) in [5, 5.41) is 51.3. The summed E-state index contributed by atoms with van der Waals surface area (Å²) < 4.78 is 7.13. The summed E-state index contributed by atoms with van der Waals surface area (Å²) >= 11 is 0. The number of aliphatic hydroxyl groups excluding tert-OH is 2. The third-order valence-corrected chi connectivity index (χ3v) is 4.84. The van der Waals surface area contributed by atoms with Gasteiger partial charge in [0.05, 0.1) is 12.9 Å². The van der Waals surface area contributed by atoms with Gasteiger partial charge in [-0.1, -0.05) is 0 Å². The van der Waals surface area contributed by atoms with Crippen LogP contribution in [-0.2, 0) is 4.74 Å². The number of imidazole rings is 1. The number of carbonyl (C=O) groups is 1. The minimum absolute atomic E-state index is 0.131. The van der Waals surface area contributed by atoms with Gasteiger partial charge in [-0.15, -0.1) is 0 Å². The van der Waals surface area contributed by atoms with Gasteiger partial charge in [-0.25, -0.2) is 15.0 Å². The first kappa shape index (κ1) is 19.6. The van der Waals surface area contributed by atoms with Crippen molar-refractivity contribution >= 4 is 22.9 Å². The fourth-order valence-corrected chi connectivity index (χ4v) is 3.32. The molecule has 13 heteroatoms. The van der Waals surface area contributed by atoms with E-state index in [1.165, 1.54) is 17.2 Å². The number of rotatable bonds is 4. The van der Waals surface area contributed by atoms with E-state index in [1.54, 1.807) is 0 Å². The number of aromatic hydroxyl groups is 3. The van der Waals surface area contributed by atoms with Gasteiger partial charge in [0, 0.05) is 5.56 Å². The maximum absolute atomic E-state index is 12.7. The van der Waals surface area contributed by atoms with Crippen LogP contribution in [0.4, 0.5) is 5.82 Å². The van der Waals surface area contributed by atoms with Crippen LogP contribution in [0.25, 0.3) is 11.2 Å². The summed E-state index contributed by atoms with van der Waals surface area (Å²) in [4.78, 5) is 24.8. The van der Waals surface area contributed by atoms with Crippen LogP contribution >= 0.6 is 0 Å². The van der Waals surface area contributed by atoms with Gasteiger partial charge in [0.15, 0.2) is 34.9 Å². The minimum Gasteiger partial charge on any atom is -0.504 e. The Labute approximate surface area is 168 Å². The van der Waals surface area contributed by atoms with Crippen molar-refractivity contribution < 1.29 is 35.1 Å². The zero-order chi connectivity index (χ0) is 21.6. The molecule has 158 valence electrons. The number of phenolic OH excluding ortho intramolecular Hbond substituents is 3. The fourth-order valence-electron chi connectivity index (χ4n) is 3.32. The molecule has 1 amide bonds. The zero-order valence-electron chi connectivity index (χ0n) is 15.2. The van der Waals surface area contributed by atoms with Crippen LogP contribution in [-0.4, -0.2) is 75.8 Å². The number of anilines is 1. The molecule has 0 saturated carbocycles. The van der Waals surface area contributed by atoms with Gasteiger partial charge >= 0.3 is 0 Å². The zero-order valence-corrected chi connectivity index (χ0v) is 15.2. The number of hydrogen-bond acceptors (Lipinski definition) is 11. The third-order valence-electron chi connectivity index (χ3n) is 4.84. The number of benzene rings is 1. The molecule has 4 atom stereocenters. The number of nitrogens with two attached hydrogens (primary N) is 1. The topological polar surface area (TPSA) is 209 Å². The standard InChI is InChI=1S/C17H18N6O7/c18-14-11-15(20-4-19-14)23(5-21-11)17-10(13(28)9(3-24)30-17)22-16(29)6-1-7(25)12(27)8(26)2-6/h1-2,4-5,9-10,13,17,24-28H,3H2,(H,22,29)(H2,18,19,20)/t9-,10-,13-,17-/m1/s1. The van der Waals surface area contributed by atoms with Crippen molar-refractivity contribution in [3.63, 3.8) is 0 Å². The molecule has 30 heavy (non-hydrogen) atoms. The van der Waals surface area contributed by atoms with Crippen LogP contribution in [0.5, 0.6) is 17.2 Å². The van der Waals surface area contributed by atoms with E-state index in [-0.39, 0.29) is 17.0 Å². The first-order chi connectivity index (χ1) is 14.3. The van der Waals surface area contributed by atoms with Crippen LogP contribution in [0.1, 0.15) is 16.6 Å². The molecular formula is C17H18N6O7. The summed E-state index contributed by atoms with van der Waals surface area (Å²) in [5.74, 6) is -2.81. The second-order valence-electron chi connectivity index (χ2n) is 6.68. The second-order valence-corrected chi connectivity index (χ2v) is 6.68. The van der Waals surface area contributed by atoms with Crippen molar-refractivity contribution in [2.24, 2.45) is 0 Å². The van der Waals surface area contributed by atoms with Gasteiger partial charge in [0.2, 0.25) is 0 Å². The van der Waals surface area contributed by atoms with Crippen molar-refractivity contribution in [2.45, 2.75) is 24.5 Å². The largest absolute Gasteiger partial charge is 0.504 e. The van der Waals surface area contributed by atoms with Crippen molar-refractivity contribution in [1.29, 1.82) is 0 Å². The first-order valence-electron chi connectivity index (χ1n) is 8.75. The third kappa shape index (κ3) is 3.10. The SMILES string of the molecule is Nc1ncnc2c1ncn2[C@@H]1O[C@H](CO)[C@@H](O)[C@H]1NC(=O)c1cc(O)c(O)c(O)c1. The average molecular weight is 418 g/mol. The Morgan fingerprint density at radius 2 is 1.90 bits per heavy atom. The number of hydrogen-bond donors (Lipinski definition) is 7. The molecule has 0 unspecified atom stereocenters. The quantitative estimate of drug-likeness (QED) is 0.244. The van der Waals surface area contributed by atoms with Crippen molar-refractivity contribution in [1.82, 2.24) is 24.8 Å². The maximum atomic E-state index is 12.7. The van der Waals surface area contributed by atoms with Crippen LogP contribution in [0.15, 0.2) is 24.8 Å². The Morgan fingerprint density at radius 1 is 1.20 bits per heavy atom. The summed E-state index contributed by atoms with van der Waals surface area (Å²) in [5.41, 5.74) is 6.19. The van der Waals surface area contributed by atoms with E-state index >= 15 is 0 Å². The van der Waals surface area contributed by atoms with Gasteiger partial charge < -0.3 is 41.3 Å². The maximum Gasteiger partial charge on any atom is 0.252 e. The predicted octanol–water partition coefficient (Wildman–Crippen LogP) is -1.43. The monoisotopic (exact) mass is 418 g/mol. The Bertz CT molecular complexity index is 1100. The van der Waals surface area contributed by atoms with Crippen LogP contribution in [0, 0.1) is 0 Å². The lowest BCUT2D eigenvalue weighted by molar-refractivity contribution is -0.0440. The lowest BCUT2D eigenvalue weighted by Crippen LogP contribution is -2.46. The van der Waals surface area contributed by atoms with Gasteiger partial charge in [-0.2, -0.15) is 0 Å². The lowest BCUT2D eigenvalue weighted by atomic mass is 10.1. The van der Waals surface area contributed by atoms with Crippen molar-refractivity contribution in [3.05, 3.63) is 30.4 Å². The summed E-state index contributed by atoms with van der Waals surface area (Å²) in [6.45, 7) is -0.519. The lowest BCUT2D eigenvalue weighted by Gasteiger charge is -2.23. The molecule has 2 aromatic heterocycles. The number of aliphatic hydroxyl groups is 2. The Morgan fingerprint density at radius 3 is 2.57 bits per heavy atom. The number of nitrogens with zero attached hydrogens (tertiary/aromatic N) is 4. The van der Waals surface area contributed by atoms with Gasteiger partial charge in [0.1, 0.15) is 30.1 Å². The van der Waals surface area contributed by atoms with Crippen molar-refractivity contribution in [2.75, 3.05) is 12.3 Å². The van der Waals surface area contributed by atoms with E-state index in [1.807, 2.05) is 0 Å². The molecule has 1 aliphatic heterocycles. The fraction of sp³-hybridized carbons (Fsp3) is 0.294. The smallest absolute Gasteiger partial charge is 0.252 e. The van der Waals surface area contributed by atoms with Gasteiger partial charge in [-0.3, -0.25) is 9.36 Å². The Balaban J connectivity index is 1.69. The molecule has 1 fully saturated rings. The van der Waals surface area contributed by atoms with E-state index in [4.69, 9.17) is 10.5 Å². The Hall–Kier alpha value is -3.68. The molecule has 0 spiro atoms. The number of nitrogen functional groups attached to an aromatic ring is 1. The number of carbonyl (C=O) groups excluding carboxylic acids is 1. The highest BCUT2D eigenvalue weighted by atomic mass is 16.5. The molecule has 1 aliphatic rings. The second kappa shape index (κ2) is 7.29. The average Bonchev–Trinajstić information content (AvgIpc) is 3.28. The highest BCUT2D eigenvalue weighted by molar-refractivity contribution is 5.95. The highest BCUT2D eigenvalue weighted by Gasteiger charge is 2.46. The predicted molar refractivity (Wildman–Crippen MR) is 99.4 cm³/mol. The molecule has 1 aromatic carbocycles. The molecule has 1 saturated heterocycles. The van der Waals surface area contributed by atoms with E-state index in [0.717, 1.165) is 12.1 Å². The number of nitrogens with one attached hydrogen (secondary N) is 1. The minimum atomic E-state index is -1.31. The molecule has 3 heterocycles. The van der Waals surface area contributed by atoms with Gasteiger partial charge in [0.25, 0.3) is 5.91 Å². The van der Waals surface area contributed by atoms with E-state index in [0.29, 0.717) is 5.52 Å². The molecule has 0 aliphatic carbocycles. The van der Waals surface area contributed by atoms with E-state index in [9.17, 15) is 30.3 Å². The molecule has 0 radical (unpaired) electrons. The summed E-state index contributed by atoms with van der Waals surface area (Å²) in [6.07, 6.45) is -0.761. The first-order valence-corrected chi connectivity index (χ1v) is 8.75. The highest BCUT2D eigenvalue weighted by Crippen LogP contribution is 2.36. The normalized spacial score (nSPS) is 23.7. The van der Waals surface area contributed by atoms with Crippen LogP contribution in [0.2, 0.25) is 0 Å². The number of amides is 1. The van der Waals surface area contributed by atoms with Crippen LogP contribution < -0.4 is 11.1 Å². The molecule has 0 bridgehead atoms. The number of fused-ring (bicyclic) bond motifs is 1. The van der Waals surface area contributed by atoms with Crippen molar-refractivity contribution in [3.8, 4) is 17.2 Å². The molecule has 13 nitrogen and oxygen atoms in total. The Kier molecular flexibility index (Phi) is 4.77. The molecular weight excluding hydrogens is 400 g/mol. The van der Waals surface area contributed by atoms with E-state index in [2.05, 4.69) is 20.3 Å². The van der Waals surface area contributed by atoms with E-state index < -0.39 is 54.2 Å². The van der Waals surface area contributed by atoms with Gasteiger partial charge in [-0.05, 0) is 12.1 Å².